The first-order chi connectivity index (χ1) is 15.2. The second-order valence-corrected chi connectivity index (χ2v) is 6.99. The summed E-state index contributed by atoms with van der Waals surface area (Å²) in [4.78, 5) is 16.1. The molecule has 0 spiro atoms. The molecule has 0 saturated carbocycles. The van der Waals surface area contributed by atoms with Gasteiger partial charge in [-0.05, 0) is 18.2 Å². The van der Waals surface area contributed by atoms with Crippen molar-refractivity contribution in [2.24, 2.45) is 0 Å². The first kappa shape index (κ1) is 21.7. The Bertz CT molecular complexity index is 1280. The molecule has 4 rings (SSSR count). The van der Waals surface area contributed by atoms with E-state index in [0.717, 1.165) is 6.07 Å². The topological polar surface area (TPSA) is 77.1 Å². The zero-order chi connectivity index (χ0) is 23.0. The maximum absolute atomic E-state index is 13.9. The number of hydrogen-bond acceptors (Lipinski definition) is 4. The van der Waals surface area contributed by atoms with Crippen LogP contribution in [-0.4, -0.2) is 30.3 Å². The van der Waals surface area contributed by atoms with Crippen molar-refractivity contribution in [2.45, 2.75) is 19.4 Å². The van der Waals surface area contributed by atoms with E-state index >= 15 is 0 Å². The van der Waals surface area contributed by atoms with Gasteiger partial charge in [0, 0.05) is 22.8 Å². The third-order valence-corrected chi connectivity index (χ3v) is 4.78. The van der Waals surface area contributed by atoms with E-state index in [-0.39, 0.29) is 34.2 Å². The van der Waals surface area contributed by atoms with Crippen LogP contribution in [0.4, 0.5) is 27.6 Å². The van der Waals surface area contributed by atoms with Gasteiger partial charge in [-0.25, -0.2) is 31.5 Å². The van der Waals surface area contributed by atoms with Crippen LogP contribution in [0.3, 0.4) is 0 Å². The Labute approximate surface area is 181 Å². The molecule has 0 aliphatic rings. The molecule has 7 nitrogen and oxygen atoms in total. The Hall–Kier alpha value is -3.54. The lowest BCUT2D eigenvalue weighted by molar-refractivity contribution is 0.102. The zero-order valence-corrected chi connectivity index (χ0v) is 16.6. The highest BCUT2D eigenvalue weighted by Gasteiger charge is 2.22. The number of carbonyl (C=O) groups excluding carboxylic acids is 1. The van der Waals surface area contributed by atoms with Gasteiger partial charge < -0.3 is 5.32 Å². The van der Waals surface area contributed by atoms with Gasteiger partial charge >= 0.3 is 0 Å². The number of rotatable bonds is 6. The van der Waals surface area contributed by atoms with Crippen molar-refractivity contribution in [3.05, 3.63) is 76.2 Å². The van der Waals surface area contributed by atoms with Crippen LogP contribution in [-0.2, 0) is 6.54 Å². The molecule has 0 saturated heterocycles. The number of alkyl halides is 4. The Balaban J connectivity index is 1.56. The molecule has 0 unspecified atom stereocenters. The molecule has 4 aromatic rings. The monoisotopic (exact) mass is 470 g/mol. The van der Waals surface area contributed by atoms with Crippen LogP contribution in [0.2, 0.25) is 5.02 Å². The van der Waals surface area contributed by atoms with E-state index in [9.17, 15) is 26.7 Å². The zero-order valence-electron chi connectivity index (χ0n) is 15.8. The number of benzene rings is 1. The van der Waals surface area contributed by atoms with Crippen LogP contribution < -0.4 is 5.32 Å². The molecule has 1 amide bonds. The molecule has 32 heavy (non-hydrogen) atoms. The number of anilines is 1. The third kappa shape index (κ3) is 4.26. The number of amides is 1. The first-order valence-corrected chi connectivity index (χ1v) is 9.34. The Kier molecular flexibility index (Phi) is 5.78. The smallest absolute Gasteiger partial charge is 0.280 e. The third-order valence-electron chi connectivity index (χ3n) is 4.43. The molecule has 166 valence electrons. The summed E-state index contributed by atoms with van der Waals surface area (Å²) in [5.41, 5.74) is -1.92. The molecule has 0 radical (unpaired) electrons. The fraction of sp³-hybridized carbons (Fsp3) is 0.158. The van der Waals surface area contributed by atoms with Crippen molar-refractivity contribution in [1.29, 1.82) is 0 Å². The van der Waals surface area contributed by atoms with Crippen LogP contribution in [0.25, 0.3) is 5.65 Å². The summed E-state index contributed by atoms with van der Waals surface area (Å²) in [6.07, 6.45) is -3.51. The second kappa shape index (κ2) is 8.54. The van der Waals surface area contributed by atoms with Gasteiger partial charge in [0.1, 0.15) is 17.2 Å². The number of hydrogen-bond donors (Lipinski definition) is 1. The minimum Gasteiger partial charge on any atom is -0.318 e. The molecule has 3 aromatic heterocycles. The van der Waals surface area contributed by atoms with E-state index in [1.54, 1.807) is 0 Å². The van der Waals surface area contributed by atoms with Gasteiger partial charge in [-0.2, -0.15) is 10.2 Å². The van der Waals surface area contributed by atoms with Crippen LogP contribution in [0.5, 0.6) is 0 Å². The maximum Gasteiger partial charge on any atom is 0.280 e. The molecule has 0 atom stereocenters. The molecule has 0 bridgehead atoms. The summed E-state index contributed by atoms with van der Waals surface area (Å²) < 4.78 is 68.3. The van der Waals surface area contributed by atoms with Crippen molar-refractivity contribution in [3.8, 4) is 0 Å². The number of aromatic nitrogens is 5. The second-order valence-electron chi connectivity index (χ2n) is 6.59. The normalized spacial score (nSPS) is 11.6. The Morgan fingerprint density at radius 1 is 1.16 bits per heavy atom. The minimum atomic E-state index is -3.11. The summed E-state index contributed by atoms with van der Waals surface area (Å²) in [6, 6.07) is 5.78. The van der Waals surface area contributed by atoms with Crippen LogP contribution in [0.1, 0.15) is 40.3 Å². The molecule has 0 fully saturated rings. The molecule has 0 aliphatic heterocycles. The van der Waals surface area contributed by atoms with Gasteiger partial charge in [-0.3, -0.25) is 9.48 Å². The van der Waals surface area contributed by atoms with E-state index < -0.39 is 36.0 Å². The van der Waals surface area contributed by atoms with Gasteiger partial charge in [0.15, 0.2) is 11.3 Å². The van der Waals surface area contributed by atoms with E-state index in [2.05, 4.69) is 20.5 Å². The SMILES string of the molecule is O=C(Nc1cnn(Cc2c(F)cccc2Cl)c1)c1cc2nc(C(F)F)cc(C(F)F)n2n1. The fourth-order valence-electron chi connectivity index (χ4n) is 2.95. The summed E-state index contributed by atoms with van der Waals surface area (Å²) in [5, 5.41) is 10.4. The van der Waals surface area contributed by atoms with Gasteiger partial charge in [0.2, 0.25) is 0 Å². The summed E-state index contributed by atoms with van der Waals surface area (Å²) in [5.74, 6) is -1.33. The van der Waals surface area contributed by atoms with Crippen LogP contribution in [0.15, 0.2) is 42.7 Å². The van der Waals surface area contributed by atoms with E-state index in [4.69, 9.17) is 11.6 Å². The fourth-order valence-corrected chi connectivity index (χ4v) is 3.17. The number of nitrogens with zero attached hydrogens (tertiary/aromatic N) is 5. The predicted octanol–water partition coefficient (Wildman–Crippen LogP) is 4.89. The molecule has 1 aromatic carbocycles. The minimum absolute atomic E-state index is 0.00614. The summed E-state index contributed by atoms with van der Waals surface area (Å²) in [7, 11) is 0. The molecular formula is C19H12ClF5N6O. The number of halogens is 6. The highest BCUT2D eigenvalue weighted by Crippen LogP contribution is 2.26. The van der Waals surface area contributed by atoms with Crippen molar-refractivity contribution >= 4 is 28.8 Å². The average Bonchev–Trinajstić information content (AvgIpc) is 3.36. The van der Waals surface area contributed by atoms with Crippen molar-refractivity contribution in [2.75, 3.05) is 5.32 Å². The van der Waals surface area contributed by atoms with E-state index in [1.807, 2.05) is 0 Å². The molecule has 0 aliphatic carbocycles. The van der Waals surface area contributed by atoms with Gasteiger partial charge in [-0.1, -0.05) is 17.7 Å². The lowest BCUT2D eigenvalue weighted by Gasteiger charge is -2.06. The highest BCUT2D eigenvalue weighted by atomic mass is 35.5. The van der Waals surface area contributed by atoms with Gasteiger partial charge in [0.25, 0.3) is 18.8 Å². The van der Waals surface area contributed by atoms with Crippen LogP contribution in [0, 0.1) is 5.82 Å². The van der Waals surface area contributed by atoms with E-state index in [0.29, 0.717) is 10.6 Å². The highest BCUT2D eigenvalue weighted by molar-refractivity contribution is 6.31. The molecule has 1 N–H and O–H groups in total. The van der Waals surface area contributed by atoms with Gasteiger partial charge in [-0.15, -0.1) is 0 Å². The van der Waals surface area contributed by atoms with E-state index in [1.165, 1.54) is 35.3 Å². The number of carbonyl (C=O) groups is 1. The lowest BCUT2D eigenvalue weighted by atomic mass is 10.2. The van der Waals surface area contributed by atoms with Crippen LogP contribution >= 0.6 is 11.6 Å². The molecular weight excluding hydrogens is 459 g/mol. The Morgan fingerprint density at radius 3 is 2.62 bits per heavy atom. The van der Waals surface area contributed by atoms with Gasteiger partial charge in [0.05, 0.1) is 18.4 Å². The largest absolute Gasteiger partial charge is 0.318 e. The maximum atomic E-state index is 13.9. The Morgan fingerprint density at radius 2 is 1.94 bits per heavy atom. The molecule has 13 heteroatoms. The first-order valence-electron chi connectivity index (χ1n) is 8.96. The quantitative estimate of drug-likeness (QED) is 0.407. The van der Waals surface area contributed by atoms with Crippen molar-refractivity contribution in [3.63, 3.8) is 0 Å². The predicted molar refractivity (Wildman–Crippen MR) is 104 cm³/mol. The summed E-state index contributed by atoms with van der Waals surface area (Å²) >= 11 is 5.99. The van der Waals surface area contributed by atoms with Crippen molar-refractivity contribution in [1.82, 2.24) is 24.4 Å². The molecule has 3 heterocycles. The number of fused-ring (bicyclic) bond motifs is 1. The number of nitrogens with one attached hydrogen (secondary N) is 1. The summed E-state index contributed by atoms with van der Waals surface area (Å²) in [6.45, 7) is -0.00614. The lowest BCUT2D eigenvalue weighted by Crippen LogP contribution is -2.13. The average molecular weight is 471 g/mol. The standard InChI is InChI=1S/C19H12ClF5N6O/c20-11-2-1-3-12(21)10(11)8-30-7-9(6-26-30)27-19(32)14-5-16-28-13(17(22)23)4-15(18(24)25)31(16)29-14/h1-7,17-18H,8H2,(H,27,32). The van der Waals surface area contributed by atoms with Crippen molar-refractivity contribution < 1.29 is 26.7 Å².